The van der Waals surface area contributed by atoms with Crippen LogP contribution in [0.15, 0.2) is 0 Å². The van der Waals surface area contributed by atoms with Crippen molar-refractivity contribution in [1.82, 2.24) is 15.7 Å². The number of amides is 4. The van der Waals surface area contributed by atoms with E-state index in [0.29, 0.717) is 5.06 Å². The van der Waals surface area contributed by atoms with Gasteiger partial charge in [-0.2, -0.15) is 0 Å². The number of carbonyl (C=O) groups excluding carboxylic acids is 3. The number of rotatable bonds is 0. The SMILES string of the molecule is CNC(=O)ON(C(C)=O)C(=O)NC. The molecule has 0 aromatic carbocycles. The van der Waals surface area contributed by atoms with E-state index in [2.05, 4.69) is 15.5 Å². The third-order valence-corrected chi connectivity index (χ3v) is 1.06. The predicted octanol–water partition coefficient (Wildman–Crippen LogP) is -0.555. The first-order valence-electron chi connectivity index (χ1n) is 3.45. The van der Waals surface area contributed by atoms with Crippen LogP contribution in [-0.2, 0) is 9.63 Å². The molecule has 74 valence electrons. The molecule has 2 N–H and O–H groups in total. The summed E-state index contributed by atoms with van der Waals surface area (Å²) in [4.78, 5) is 36.6. The highest BCUT2D eigenvalue weighted by Crippen LogP contribution is 1.92. The Bertz CT molecular complexity index is 228. The minimum absolute atomic E-state index is 0.318. The molecule has 0 saturated heterocycles. The van der Waals surface area contributed by atoms with E-state index in [-0.39, 0.29) is 0 Å². The highest BCUT2D eigenvalue weighted by atomic mass is 16.7. The molecule has 0 atom stereocenters. The van der Waals surface area contributed by atoms with Gasteiger partial charge in [0.25, 0.3) is 5.91 Å². The van der Waals surface area contributed by atoms with Crippen LogP contribution in [0.4, 0.5) is 9.59 Å². The van der Waals surface area contributed by atoms with Crippen LogP contribution in [0.2, 0.25) is 0 Å². The van der Waals surface area contributed by atoms with E-state index in [1.54, 1.807) is 0 Å². The van der Waals surface area contributed by atoms with Gasteiger partial charge in [0.2, 0.25) is 0 Å². The fourth-order valence-corrected chi connectivity index (χ4v) is 0.479. The van der Waals surface area contributed by atoms with Crippen LogP contribution in [0.1, 0.15) is 6.92 Å². The van der Waals surface area contributed by atoms with Crippen LogP contribution in [0.25, 0.3) is 0 Å². The lowest BCUT2D eigenvalue weighted by molar-refractivity contribution is -0.150. The zero-order valence-corrected chi connectivity index (χ0v) is 7.58. The average molecular weight is 189 g/mol. The maximum Gasteiger partial charge on any atom is 0.431 e. The fourth-order valence-electron chi connectivity index (χ4n) is 0.479. The van der Waals surface area contributed by atoms with Crippen LogP contribution < -0.4 is 10.6 Å². The maximum absolute atomic E-state index is 10.9. The molecule has 7 nitrogen and oxygen atoms in total. The van der Waals surface area contributed by atoms with Gasteiger partial charge in [-0.1, -0.05) is 5.06 Å². The van der Waals surface area contributed by atoms with Gasteiger partial charge in [-0.05, 0) is 0 Å². The Morgan fingerprint density at radius 3 is 2.00 bits per heavy atom. The number of hydroxylamine groups is 2. The Labute approximate surface area is 75.0 Å². The van der Waals surface area contributed by atoms with Gasteiger partial charge in [-0.25, -0.2) is 9.59 Å². The molecule has 0 aliphatic rings. The van der Waals surface area contributed by atoms with Crippen molar-refractivity contribution in [3.8, 4) is 0 Å². The molecule has 0 spiro atoms. The Kier molecular flexibility index (Phi) is 4.28. The van der Waals surface area contributed by atoms with Gasteiger partial charge >= 0.3 is 12.1 Å². The molecule has 13 heavy (non-hydrogen) atoms. The fraction of sp³-hybridized carbons (Fsp3) is 0.500. The number of carbonyl (C=O) groups is 3. The van der Waals surface area contributed by atoms with Crippen molar-refractivity contribution in [3.05, 3.63) is 0 Å². The number of imide groups is 1. The molecule has 0 saturated carbocycles. The summed E-state index contributed by atoms with van der Waals surface area (Å²) < 4.78 is 0. The van der Waals surface area contributed by atoms with Crippen LogP contribution in [0.5, 0.6) is 0 Å². The Morgan fingerprint density at radius 2 is 1.69 bits per heavy atom. The molecule has 4 amide bonds. The van der Waals surface area contributed by atoms with Gasteiger partial charge in [0, 0.05) is 21.0 Å². The molecule has 0 radical (unpaired) electrons. The van der Waals surface area contributed by atoms with E-state index in [1.807, 2.05) is 0 Å². The zero-order valence-electron chi connectivity index (χ0n) is 7.58. The third-order valence-electron chi connectivity index (χ3n) is 1.06. The van der Waals surface area contributed by atoms with Crippen molar-refractivity contribution in [1.29, 1.82) is 0 Å². The zero-order chi connectivity index (χ0) is 10.4. The molecule has 0 aliphatic carbocycles. The topological polar surface area (TPSA) is 87.7 Å². The standard InChI is InChI=1S/C6H11N3O4/c1-4(10)9(5(11)7-2)13-6(12)8-3/h1-3H3,(H,7,11)(H,8,12). The van der Waals surface area contributed by atoms with Crippen LogP contribution in [0.3, 0.4) is 0 Å². The van der Waals surface area contributed by atoms with Gasteiger partial charge < -0.3 is 15.5 Å². The summed E-state index contributed by atoms with van der Waals surface area (Å²) in [6.45, 7) is 1.10. The van der Waals surface area contributed by atoms with Crippen LogP contribution in [0, 0.1) is 0 Å². The van der Waals surface area contributed by atoms with Gasteiger partial charge in [-0.15, -0.1) is 0 Å². The number of urea groups is 1. The average Bonchev–Trinajstić information content (AvgIpc) is 2.11. The normalized spacial score (nSPS) is 8.54. The van der Waals surface area contributed by atoms with Crippen molar-refractivity contribution < 1.29 is 19.2 Å². The van der Waals surface area contributed by atoms with E-state index in [0.717, 1.165) is 6.92 Å². The Morgan fingerprint density at radius 1 is 1.15 bits per heavy atom. The van der Waals surface area contributed by atoms with Crippen molar-refractivity contribution in [2.24, 2.45) is 0 Å². The maximum atomic E-state index is 10.9. The predicted molar refractivity (Wildman–Crippen MR) is 42.5 cm³/mol. The number of nitrogens with zero attached hydrogens (tertiary/aromatic N) is 1. The summed E-state index contributed by atoms with van der Waals surface area (Å²) in [6.07, 6.45) is -0.890. The number of hydrogen-bond donors (Lipinski definition) is 2. The molecule has 0 bridgehead atoms. The third kappa shape index (κ3) is 3.41. The van der Waals surface area contributed by atoms with Gasteiger partial charge in [0.05, 0.1) is 0 Å². The van der Waals surface area contributed by atoms with Crippen molar-refractivity contribution >= 4 is 18.0 Å². The summed E-state index contributed by atoms with van der Waals surface area (Å²) in [5, 5.41) is 4.55. The van der Waals surface area contributed by atoms with Crippen LogP contribution >= 0.6 is 0 Å². The lowest BCUT2D eigenvalue weighted by atomic mass is 10.7. The lowest BCUT2D eigenvalue weighted by Gasteiger charge is -2.15. The van der Waals surface area contributed by atoms with E-state index in [9.17, 15) is 14.4 Å². The molecule has 0 rings (SSSR count). The van der Waals surface area contributed by atoms with Crippen LogP contribution in [-0.4, -0.2) is 37.2 Å². The Hall–Kier alpha value is -1.79. The molecule has 0 unspecified atom stereocenters. The number of hydrogen-bond acceptors (Lipinski definition) is 4. The van der Waals surface area contributed by atoms with Gasteiger partial charge in [0.1, 0.15) is 0 Å². The molecule has 0 aliphatic heterocycles. The summed E-state index contributed by atoms with van der Waals surface area (Å²) in [5.41, 5.74) is 0. The van der Waals surface area contributed by atoms with Crippen molar-refractivity contribution in [2.75, 3.05) is 14.1 Å². The second-order valence-corrected chi connectivity index (χ2v) is 2.00. The van der Waals surface area contributed by atoms with E-state index in [1.165, 1.54) is 14.1 Å². The first-order chi connectivity index (χ1) is 6.02. The van der Waals surface area contributed by atoms with Gasteiger partial charge in [-0.3, -0.25) is 4.79 Å². The summed E-state index contributed by atoms with van der Waals surface area (Å²) in [7, 11) is 2.62. The quantitative estimate of drug-likeness (QED) is 0.500. The monoisotopic (exact) mass is 189 g/mol. The second-order valence-electron chi connectivity index (χ2n) is 2.00. The van der Waals surface area contributed by atoms with E-state index >= 15 is 0 Å². The molecule has 7 heteroatoms. The molecule has 0 aromatic heterocycles. The second kappa shape index (κ2) is 4.96. The minimum Gasteiger partial charge on any atom is -0.338 e. The number of nitrogens with one attached hydrogen (secondary N) is 2. The lowest BCUT2D eigenvalue weighted by Crippen LogP contribution is -2.44. The molecular weight excluding hydrogens is 178 g/mol. The van der Waals surface area contributed by atoms with Gasteiger partial charge in [0.15, 0.2) is 0 Å². The van der Waals surface area contributed by atoms with Crippen molar-refractivity contribution in [3.63, 3.8) is 0 Å². The molecule has 0 aromatic rings. The summed E-state index contributed by atoms with van der Waals surface area (Å²) in [5.74, 6) is -0.692. The molecular formula is C6H11N3O4. The Balaban J connectivity index is 4.35. The van der Waals surface area contributed by atoms with Crippen molar-refractivity contribution in [2.45, 2.75) is 6.92 Å². The summed E-state index contributed by atoms with van der Waals surface area (Å²) in [6, 6.07) is -0.809. The molecule has 0 heterocycles. The van der Waals surface area contributed by atoms with E-state index < -0.39 is 18.0 Å². The summed E-state index contributed by atoms with van der Waals surface area (Å²) >= 11 is 0. The molecule has 0 fully saturated rings. The first-order valence-corrected chi connectivity index (χ1v) is 3.45. The first kappa shape index (κ1) is 11.2. The highest BCUT2D eigenvalue weighted by molar-refractivity contribution is 5.92. The smallest absolute Gasteiger partial charge is 0.338 e. The minimum atomic E-state index is -0.890. The van der Waals surface area contributed by atoms with E-state index in [4.69, 9.17) is 0 Å². The highest BCUT2D eigenvalue weighted by Gasteiger charge is 2.21. The largest absolute Gasteiger partial charge is 0.431 e.